The molecule has 0 bridgehead atoms. The Kier molecular flexibility index (Phi) is 3.53. The zero-order valence-electron chi connectivity index (χ0n) is 9.04. The van der Waals surface area contributed by atoms with Crippen LogP contribution >= 0.6 is 15.9 Å². The minimum absolute atomic E-state index is 0.167. The Bertz CT molecular complexity index is 673. The van der Waals surface area contributed by atoms with Crippen LogP contribution in [0.2, 0.25) is 0 Å². The van der Waals surface area contributed by atoms with E-state index < -0.39 is 10.0 Å². The van der Waals surface area contributed by atoms with E-state index in [1.54, 1.807) is 18.2 Å². The van der Waals surface area contributed by atoms with E-state index in [0.29, 0.717) is 4.47 Å². The van der Waals surface area contributed by atoms with Crippen LogP contribution in [0.25, 0.3) is 0 Å². The molecule has 0 aliphatic heterocycles. The molecule has 0 saturated carbocycles. The number of phenolic OH excluding ortho intramolecular Hbond substituents is 1. The molecule has 0 spiro atoms. The van der Waals surface area contributed by atoms with Crippen LogP contribution in [0.5, 0.6) is 5.75 Å². The van der Waals surface area contributed by atoms with Crippen molar-refractivity contribution in [3.63, 3.8) is 0 Å². The van der Waals surface area contributed by atoms with Gasteiger partial charge in [0.15, 0.2) is 5.82 Å². The minimum Gasteiger partial charge on any atom is -0.507 e. The van der Waals surface area contributed by atoms with Crippen molar-refractivity contribution in [1.82, 2.24) is 4.98 Å². The summed E-state index contributed by atoms with van der Waals surface area (Å²) in [5, 5.41) is 9.54. The number of nitrogens with zero attached hydrogens (tertiary/aromatic N) is 1. The smallest absolute Gasteiger partial charge is 0.266 e. The lowest BCUT2D eigenvalue weighted by molar-refractivity contribution is 0.459. The summed E-state index contributed by atoms with van der Waals surface area (Å²) in [5.41, 5.74) is 0. The minimum atomic E-state index is -3.86. The molecule has 0 fully saturated rings. The highest BCUT2D eigenvalue weighted by Crippen LogP contribution is 2.26. The van der Waals surface area contributed by atoms with Crippen LogP contribution in [0, 0.1) is 0 Å². The summed E-state index contributed by atoms with van der Waals surface area (Å²) in [6.07, 6.45) is 1.47. The standard InChI is InChI=1S/C11H9BrN2O3S/c12-8-4-3-7-13-11(8)14-18(16,17)10-6-2-1-5-9(10)15/h1-7,15H,(H,13,14). The fourth-order valence-electron chi connectivity index (χ4n) is 1.33. The highest BCUT2D eigenvalue weighted by molar-refractivity contribution is 9.10. The van der Waals surface area contributed by atoms with Crippen molar-refractivity contribution in [2.75, 3.05) is 4.72 Å². The molecule has 0 aliphatic rings. The van der Waals surface area contributed by atoms with E-state index >= 15 is 0 Å². The number of sulfonamides is 1. The third-order valence-electron chi connectivity index (χ3n) is 2.14. The van der Waals surface area contributed by atoms with Crippen molar-refractivity contribution in [2.45, 2.75) is 4.90 Å². The van der Waals surface area contributed by atoms with Crippen molar-refractivity contribution >= 4 is 31.8 Å². The quantitative estimate of drug-likeness (QED) is 0.906. The summed E-state index contributed by atoms with van der Waals surface area (Å²) in [6.45, 7) is 0. The maximum atomic E-state index is 12.0. The van der Waals surface area contributed by atoms with Gasteiger partial charge < -0.3 is 5.11 Å². The van der Waals surface area contributed by atoms with Gasteiger partial charge >= 0.3 is 0 Å². The molecule has 0 saturated heterocycles. The second-order valence-electron chi connectivity index (χ2n) is 3.41. The molecule has 0 atom stereocenters. The highest BCUT2D eigenvalue weighted by Gasteiger charge is 2.19. The summed E-state index contributed by atoms with van der Waals surface area (Å²) < 4.78 is 26.9. The number of benzene rings is 1. The summed E-state index contributed by atoms with van der Waals surface area (Å²) in [5.74, 6) is -0.141. The first-order valence-electron chi connectivity index (χ1n) is 4.92. The van der Waals surface area contributed by atoms with Gasteiger partial charge in [-0.05, 0) is 40.2 Å². The molecule has 1 heterocycles. The number of pyridine rings is 1. The average Bonchev–Trinajstić information content (AvgIpc) is 2.32. The highest BCUT2D eigenvalue weighted by atomic mass is 79.9. The third kappa shape index (κ3) is 2.62. The Morgan fingerprint density at radius 3 is 2.56 bits per heavy atom. The number of phenols is 1. The van der Waals surface area contributed by atoms with E-state index in [1.165, 1.54) is 24.4 Å². The Labute approximate surface area is 113 Å². The first-order valence-corrected chi connectivity index (χ1v) is 7.19. The molecular weight excluding hydrogens is 320 g/mol. The molecule has 94 valence electrons. The van der Waals surface area contributed by atoms with Crippen LogP contribution < -0.4 is 4.72 Å². The second-order valence-corrected chi connectivity index (χ2v) is 5.91. The maximum absolute atomic E-state index is 12.0. The summed E-state index contributed by atoms with van der Waals surface area (Å²) >= 11 is 3.19. The summed E-state index contributed by atoms with van der Waals surface area (Å²) in [6, 6.07) is 9.03. The normalized spacial score (nSPS) is 11.2. The molecule has 18 heavy (non-hydrogen) atoms. The predicted octanol–water partition coefficient (Wildman–Crippen LogP) is 2.35. The first kappa shape index (κ1) is 12.8. The average molecular weight is 329 g/mol. The molecule has 1 aromatic heterocycles. The number of rotatable bonds is 3. The van der Waals surface area contributed by atoms with Gasteiger partial charge in [0.1, 0.15) is 10.6 Å². The van der Waals surface area contributed by atoms with Crippen LogP contribution in [0.3, 0.4) is 0 Å². The van der Waals surface area contributed by atoms with Crippen LogP contribution in [0.1, 0.15) is 0 Å². The van der Waals surface area contributed by atoms with Crippen molar-refractivity contribution < 1.29 is 13.5 Å². The van der Waals surface area contributed by atoms with E-state index in [4.69, 9.17) is 0 Å². The topological polar surface area (TPSA) is 79.3 Å². The number of aromatic nitrogens is 1. The molecular formula is C11H9BrN2O3S. The molecule has 0 amide bonds. The fourth-order valence-corrected chi connectivity index (χ4v) is 2.94. The van der Waals surface area contributed by atoms with Gasteiger partial charge in [-0.3, -0.25) is 4.72 Å². The SMILES string of the molecule is O=S(=O)(Nc1ncccc1Br)c1ccccc1O. The van der Waals surface area contributed by atoms with Crippen molar-refractivity contribution in [1.29, 1.82) is 0 Å². The fraction of sp³-hybridized carbons (Fsp3) is 0. The molecule has 2 N–H and O–H groups in total. The van der Waals surface area contributed by atoms with E-state index in [1.807, 2.05) is 0 Å². The Morgan fingerprint density at radius 2 is 1.89 bits per heavy atom. The Morgan fingerprint density at radius 1 is 1.17 bits per heavy atom. The van der Waals surface area contributed by atoms with Crippen molar-refractivity contribution in [3.8, 4) is 5.75 Å². The van der Waals surface area contributed by atoms with Crippen LogP contribution in [-0.4, -0.2) is 18.5 Å². The van der Waals surface area contributed by atoms with Gasteiger partial charge in [-0.1, -0.05) is 12.1 Å². The second kappa shape index (κ2) is 4.95. The van der Waals surface area contributed by atoms with E-state index in [2.05, 4.69) is 25.6 Å². The molecule has 0 unspecified atom stereocenters. The number of anilines is 1. The zero-order valence-corrected chi connectivity index (χ0v) is 11.4. The maximum Gasteiger partial charge on any atom is 0.266 e. The van der Waals surface area contributed by atoms with Gasteiger partial charge in [0.2, 0.25) is 0 Å². The number of aromatic hydroxyl groups is 1. The number of hydrogen-bond acceptors (Lipinski definition) is 4. The third-order valence-corrected chi connectivity index (χ3v) is 4.17. The van der Waals surface area contributed by atoms with E-state index in [0.717, 1.165) is 0 Å². The van der Waals surface area contributed by atoms with Crippen LogP contribution in [0.4, 0.5) is 5.82 Å². The largest absolute Gasteiger partial charge is 0.507 e. The number of halogens is 1. The first-order chi connectivity index (χ1) is 8.50. The molecule has 0 radical (unpaired) electrons. The number of nitrogens with one attached hydrogen (secondary N) is 1. The van der Waals surface area contributed by atoms with Gasteiger partial charge in [0, 0.05) is 6.20 Å². The molecule has 5 nitrogen and oxygen atoms in total. The summed E-state index contributed by atoms with van der Waals surface area (Å²) in [7, 11) is -3.86. The van der Waals surface area contributed by atoms with Crippen molar-refractivity contribution in [3.05, 3.63) is 47.1 Å². The predicted molar refractivity (Wildman–Crippen MR) is 70.9 cm³/mol. The lowest BCUT2D eigenvalue weighted by Crippen LogP contribution is -2.14. The lowest BCUT2D eigenvalue weighted by Gasteiger charge is -2.09. The van der Waals surface area contributed by atoms with Crippen LogP contribution in [0.15, 0.2) is 52.0 Å². The van der Waals surface area contributed by atoms with Gasteiger partial charge in [-0.2, -0.15) is 0 Å². The van der Waals surface area contributed by atoms with Gasteiger partial charge in [0.25, 0.3) is 10.0 Å². The Balaban J connectivity index is 2.40. The molecule has 2 rings (SSSR count). The number of para-hydroxylation sites is 1. The lowest BCUT2D eigenvalue weighted by atomic mass is 10.3. The molecule has 2 aromatic rings. The molecule has 7 heteroatoms. The van der Waals surface area contributed by atoms with Crippen LogP contribution in [-0.2, 0) is 10.0 Å². The summed E-state index contributed by atoms with van der Waals surface area (Å²) in [4.78, 5) is 3.71. The van der Waals surface area contributed by atoms with Gasteiger partial charge in [0.05, 0.1) is 4.47 Å². The molecule has 0 aliphatic carbocycles. The number of hydrogen-bond donors (Lipinski definition) is 2. The Hall–Kier alpha value is -1.60. The monoisotopic (exact) mass is 328 g/mol. The van der Waals surface area contributed by atoms with E-state index in [9.17, 15) is 13.5 Å². The zero-order chi connectivity index (χ0) is 13.2. The van der Waals surface area contributed by atoms with Gasteiger partial charge in [-0.15, -0.1) is 0 Å². The van der Waals surface area contributed by atoms with Gasteiger partial charge in [-0.25, -0.2) is 13.4 Å². The van der Waals surface area contributed by atoms with E-state index in [-0.39, 0.29) is 16.5 Å². The van der Waals surface area contributed by atoms with Crippen molar-refractivity contribution in [2.24, 2.45) is 0 Å². The molecule has 1 aromatic carbocycles.